The summed E-state index contributed by atoms with van der Waals surface area (Å²) < 4.78 is 5.46. The molecule has 1 atom stereocenters. The summed E-state index contributed by atoms with van der Waals surface area (Å²) in [5, 5.41) is 11.0. The Bertz CT molecular complexity index is 788. The Morgan fingerprint density at radius 1 is 1.09 bits per heavy atom. The van der Waals surface area contributed by atoms with Crippen LogP contribution in [0.15, 0.2) is 42.6 Å². The number of ether oxygens (including phenoxy) is 1. The van der Waals surface area contributed by atoms with Gasteiger partial charge < -0.3 is 21.2 Å². The molecule has 1 fully saturated rings. The van der Waals surface area contributed by atoms with Crippen LogP contribution < -0.4 is 11.1 Å². The maximum atomic E-state index is 12.9. The summed E-state index contributed by atoms with van der Waals surface area (Å²) in [4.78, 5) is 17.3. The highest BCUT2D eigenvalue weighted by Crippen LogP contribution is 2.29. The Morgan fingerprint density at radius 3 is 2.25 bits per heavy atom. The lowest BCUT2D eigenvalue weighted by atomic mass is 9.89. The molecule has 1 amide bonds. The van der Waals surface area contributed by atoms with Gasteiger partial charge in [-0.3, -0.25) is 9.78 Å². The Hall–Kier alpha value is -2.73. The SMILES string of the molecule is CC.CC.CC.CC(=N)c1cc(C(=O)NC(c2ccccn2)C2CCOCC2)ccc1N. The van der Waals surface area contributed by atoms with Crippen LogP contribution >= 0.6 is 0 Å². The van der Waals surface area contributed by atoms with Crippen LogP contribution in [0, 0.1) is 11.3 Å². The van der Waals surface area contributed by atoms with Crippen LogP contribution in [0.3, 0.4) is 0 Å². The van der Waals surface area contributed by atoms with Gasteiger partial charge >= 0.3 is 0 Å². The first-order chi connectivity index (χ1) is 15.6. The van der Waals surface area contributed by atoms with Crippen LogP contribution in [0.25, 0.3) is 0 Å². The third-order valence-corrected chi connectivity index (χ3v) is 4.75. The van der Waals surface area contributed by atoms with Crippen molar-refractivity contribution in [3.05, 3.63) is 59.4 Å². The number of rotatable bonds is 5. The Balaban J connectivity index is 0.00000148. The molecule has 32 heavy (non-hydrogen) atoms. The molecule has 1 aliphatic rings. The number of anilines is 1. The van der Waals surface area contributed by atoms with Gasteiger partial charge in [0.05, 0.1) is 11.7 Å². The lowest BCUT2D eigenvalue weighted by molar-refractivity contribution is 0.0508. The molecule has 2 heterocycles. The zero-order valence-corrected chi connectivity index (χ0v) is 20.9. The molecule has 1 unspecified atom stereocenters. The number of benzene rings is 1. The topological polar surface area (TPSA) is 101 Å². The zero-order chi connectivity index (χ0) is 24.5. The van der Waals surface area contributed by atoms with E-state index in [0.29, 0.717) is 35.7 Å². The molecule has 178 valence electrons. The number of aromatic nitrogens is 1. The smallest absolute Gasteiger partial charge is 0.251 e. The van der Waals surface area contributed by atoms with E-state index in [-0.39, 0.29) is 17.9 Å². The van der Waals surface area contributed by atoms with Gasteiger partial charge in [-0.2, -0.15) is 0 Å². The average Bonchev–Trinajstić information content (AvgIpc) is 2.87. The van der Waals surface area contributed by atoms with Crippen molar-refractivity contribution in [3.8, 4) is 0 Å². The van der Waals surface area contributed by atoms with Crippen LogP contribution in [0.1, 0.15) is 89.0 Å². The van der Waals surface area contributed by atoms with Crippen LogP contribution in [-0.4, -0.2) is 29.8 Å². The van der Waals surface area contributed by atoms with E-state index in [4.69, 9.17) is 15.9 Å². The summed E-state index contributed by atoms with van der Waals surface area (Å²) in [5.41, 5.74) is 8.67. The first kappa shape index (κ1) is 29.3. The molecule has 6 nitrogen and oxygen atoms in total. The standard InChI is InChI=1S/C20H24N4O2.3C2H6/c1-13(21)16-12-15(5-6-17(16)22)20(25)24-19(14-7-10-26-11-8-14)18-4-2-3-9-23-18;3*1-2/h2-6,9,12,14,19,21H,7-8,10-11,22H2,1H3,(H,24,25);3*1-2H3. The predicted octanol–water partition coefficient (Wildman–Crippen LogP) is 6.03. The second-order valence-electron chi connectivity index (χ2n) is 6.58. The summed E-state index contributed by atoms with van der Waals surface area (Å²) >= 11 is 0. The first-order valence-electron chi connectivity index (χ1n) is 11.8. The van der Waals surface area contributed by atoms with E-state index in [2.05, 4.69) is 10.3 Å². The summed E-state index contributed by atoms with van der Waals surface area (Å²) in [6.07, 6.45) is 3.51. The normalized spacial score (nSPS) is 13.6. The van der Waals surface area contributed by atoms with E-state index >= 15 is 0 Å². The number of nitrogens with zero attached hydrogens (tertiary/aromatic N) is 1. The number of hydrogen-bond donors (Lipinski definition) is 3. The fourth-order valence-electron chi connectivity index (χ4n) is 3.29. The fraction of sp³-hybridized carbons (Fsp3) is 0.500. The van der Waals surface area contributed by atoms with E-state index in [1.807, 2.05) is 59.7 Å². The molecule has 1 saturated heterocycles. The van der Waals surface area contributed by atoms with Crippen molar-refractivity contribution >= 4 is 17.3 Å². The van der Waals surface area contributed by atoms with Crippen LogP contribution in [0.2, 0.25) is 0 Å². The lowest BCUT2D eigenvalue weighted by Gasteiger charge is -2.30. The highest BCUT2D eigenvalue weighted by atomic mass is 16.5. The minimum atomic E-state index is -0.186. The number of amides is 1. The molecular formula is C26H42N4O2. The van der Waals surface area contributed by atoms with E-state index < -0.39 is 0 Å². The van der Waals surface area contributed by atoms with Crippen molar-refractivity contribution in [1.29, 1.82) is 5.41 Å². The number of pyridine rings is 1. The third kappa shape index (κ3) is 8.79. The number of carbonyl (C=O) groups is 1. The molecule has 3 rings (SSSR count). The van der Waals surface area contributed by atoms with Gasteiger partial charge in [0.1, 0.15) is 0 Å². The highest BCUT2D eigenvalue weighted by molar-refractivity contribution is 6.04. The summed E-state index contributed by atoms with van der Waals surface area (Å²) in [5.74, 6) is 0.0926. The molecule has 0 radical (unpaired) electrons. The molecule has 6 heteroatoms. The fourth-order valence-corrected chi connectivity index (χ4v) is 3.29. The maximum Gasteiger partial charge on any atom is 0.251 e. The van der Waals surface area contributed by atoms with Gasteiger partial charge in [0.2, 0.25) is 0 Å². The number of hydrogen-bond acceptors (Lipinski definition) is 5. The predicted molar refractivity (Wildman–Crippen MR) is 135 cm³/mol. The Labute approximate surface area is 194 Å². The van der Waals surface area contributed by atoms with Crippen molar-refractivity contribution in [2.45, 2.75) is 67.3 Å². The van der Waals surface area contributed by atoms with Crippen LogP contribution in [-0.2, 0) is 4.74 Å². The molecule has 2 aromatic rings. The highest BCUT2D eigenvalue weighted by Gasteiger charge is 2.28. The minimum Gasteiger partial charge on any atom is -0.398 e. The van der Waals surface area contributed by atoms with Gasteiger partial charge in [-0.15, -0.1) is 0 Å². The van der Waals surface area contributed by atoms with Gasteiger partial charge in [-0.25, -0.2) is 0 Å². The van der Waals surface area contributed by atoms with Gasteiger partial charge in [-0.05, 0) is 56.0 Å². The van der Waals surface area contributed by atoms with Gasteiger partial charge in [0.15, 0.2) is 0 Å². The summed E-state index contributed by atoms with van der Waals surface area (Å²) in [7, 11) is 0. The summed E-state index contributed by atoms with van der Waals surface area (Å²) in [6, 6.07) is 10.6. The molecule has 4 N–H and O–H groups in total. The van der Waals surface area contributed by atoms with Crippen LogP contribution in [0.4, 0.5) is 5.69 Å². The molecular weight excluding hydrogens is 400 g/mol. The Morgan fingerprint density at radius 2 is 1.72 bits per heavy atom. The van der Waals surface area contributed by atoms with Gasteiger partial charge in [0, 0.05) is 41.9 Å². The van der Waals surface area contributed by atoms with Crippen molar-refractivity contribution in [3.63, 3.8) is 0 Å². The van der Waals surface area contributed by atoms with Gasteiger partial charge in [0.25, 0.3) is 5.91 Å². The maximum absolute atomic E-state index is 12.9. The number of nitrogen functional groups attached to an aromatic ring is 1. The minimum absolute atomic E-state index is 0.172. The average molecular weight is 443 g/mol. The lowest BCUT2D eigenvalue weighted by Crippen LogP contribution is -2.36. The zero-order valence-electron chi connectivity index (χ0n) is 20.9. The van der Waals surface area contributed by atoms with E-state index in [0.717, 1.165) is 18.5 Å². The molecule has 0 saturated carbocycles. The molecule has 0 spiro atoms. The largest absolute Gasteiger partial charge is 0.398 e. The second kappa shape index (κ2) is 16.9. The number of nitrogens with two attached hydrogens (primary N) is 1. The van der Waals surface area contributed by atoms with Crippen molar-refractivity contribution < 1.29 is 9.53 Å². The van der Waals surface area contributed by atoms with Crippen LogP contribution in [0.5, 0.6) is 0 Å². The number of nitrogens with one attached hydrogen (secondary N) is 2. The number of carbonyl (C=O) groups excluding carboxylic acids is 1. The van der Waals surface area contributed by atoms with Crippen molar-refractivity contribution in [2.24, 2.45) is 5.92 Å². The second-order valence-corrected chi connectivity index (χ2v) is 6.58. The van der Waals surface area contributed by atoms with E-state index in [1.54, 1.807) is 31.3 Å². The van der Waals surface area contributed by atoms with E-state index in [9.17, 15) is 4.79 Å². The third-order valence-electron chi connectivity index (χ3n) is 4.75. The molecule has 1 aromatic heterocycles. The van der Waals surface area contributed by atoms with Crippen molar-refractivity contribution in [2.75, 3.05) is 18.9 Å². The van der Waals surface area contributed by atoms with Crippen molar-refractivity contribution in [1.82, 2.24) is 10.3 Å². The Kier molecular flexibility index (Phi) is 15.5. The first-order valence-corrected chi connectivity index (χ1v) is 11.8. The molecule has 0 bridgehead atoms. The quantitative estimate of drug-likeness (QED) is 0.389. The monoisotopic (exact) mass is 442 g/mol. The molecule has 1 aliphatic heterocycles. The summed E-state index contributed by atoms with van der Waals surface area (Å²) in [6.45, 7) is 15.1. The molecule has 0 aliphatic carbocycles. The van der Waals surface area contributed by atoms with Gasteiger partial charge in [-0.1, -0.05) is 47.6 Å². The molecule has 1 aromatic carbocycles. The van der Waals surface area contributed by atoms with E-state index in [1.165, 1.54) is 0 Å².